The summed E-state index contributed by atoms with van der Waals surface area (Å²) in [5, 5.41) is 11.3. The number of rotatable bonds is 10. The van der Waals surface area contributed by atoms with Gasteiger partial charge in [-0.1, -0.05) is 355 Å². The molecule has 14 heteroatoms. The van der Waals surface area contributed by atoms with Gasteiger partial charge in [0, 0.05) is 110 Å². The van der Waals surface area contributed by atoms with Crippen LogP contribution in [0.15, 0.2) is 409 Å². The quantitative estimate of drug-likeness (QED) is 0.128. The van der Waals surface area contributed by atoms with E-state index in [0.29, 0.717) is 52.8 Å². The Balaban J connectivity index is 0.000000106. The minimum Gasteiger partial charge on any atom is -0.456 e. The molecule has 8 aromatic heterocycles. The highest BCUT2D eigenvalue weighted by Crippen LogP contribution is 2.53. The standard InChI is InChI=1S/C42H28N4O.C39H24N4O.C36H26N4/c1-42(2)33-17-9-6-14-27(33)28-21-20-26(22-34(28)42)40-43-39(25-12-4-3-5-13-25)44-41(45-40)46-35-18-10-7-15-29(35)31-23-32-30-16-8-11-19-37(30)47-38(32)24-36(31)46;1-3-11-25(12-4-1)26-19-21-28(22-20-26)38-40-37(27-13-5-2-6-14-27)41-39(42-38)43-33-17-9-7-15-29(33)31-23-32-30-16-8-10-18-35(30)44-36(32)24-34(31)43;1-36(2)29-19-11-9-17-25(29)27-21-28-26-18-10-12-20-31(26)40(32(28)22-30(27)36)35-38-33(23-13-5-3-6-14-23)37-34(39-35)24-15-7-4-8-16-24/h3-24H,1-2H3;1-24H;3-22H,1-2H3. The molecular formula is C117H78N12O2. The van der Waals surface area contributed by atoms with Crippen molar-refractivity contribution >= 4 is 109 Å². The molecule has 0 spiro atoms. The first-order valence-electron chi connectivity index (χ1n) is 44.2. The summed E-state index contributed by atoms with van der Waals surface area (Å²) in [5.41, 5.74) is 27.9. The Hall–Kier alpha value is -17.2. The lowest BCUT2D eigenvalue weighted by molar-refractivity contribution is 0.660. The molecule has 131 heavy (non-hydrogen) atoms. The van der Waals surface area contributed by atoms with E-state index >= 15 is 0 Å². The fourth-order valence-electron chi connectivity index (χ4n) is 20.0. The molecule has 618 valence electrons. The van der Waals surface area contributed by atoms with Crippen molar-refractivity contribution < 1.29 is 8.83 Å². The number of nitrogens with zero attached hydrogens (tertiary/aromatic N) is 12. The third-order valence-electron chi connectivity index (χ3n) is 26.4. The first-order valence-corrected chi connectivity index (χ1v) is 44.2. The molecule has 27 rings (SSSR count). The van der Waals surface area contributed by atoms with Crippen LogP contribution in [0.1, 0.15) is 49.9 Å². The van der Waals surface area contributed by atoms with Crippen LogP contribution >= 0.6 is 0 Å². The SMILES string of the molecule is CC1(C)c2ccccc2-c2cc3c4ccccc4n(-c4nc(-c5ccccc5)nc(-c5ccccc5)n4)c3cc21.CC1(C)c2ccccc2-c2ccc(-c3nc(-c4ccccc4)nc(-n4c5ccccc5c5cc6c(cc54)oc4ccccc46)n3)cc21.c1ccc(-c2ccc(-c3nc(-c4ccccc4)nc(-n4c5ccccc5c5cc6c(cc54)oc4ccccc46)n3)cc2)cc1. The molecule has 0 unspecified atom stereocenters. The molecule has 25 aromatic rings. The molecule has 0 bridgehead atoms. The summed E-state index contributed by atoms with van der Waals surface area (Å²) in [6.45, 7) is 9.24. The van der Waals surface area contributed by atoms with Crippen LogP contribution in [0.25, 0.3) is 229 Å². The highest BCUT2D eigenvalue weighted by Gasteiger charge is 2.38. The summed E-state index contributed by atoms with van der Waals surface area (Å²) in [6, 6.07) is 139. The van der Waals surface area contributed by atoms with Gasteiger partial charge < -0.3 is 8.83 Å². The molecule has 2 aliphatic rings. The molecule has 2 aliphatic carbocycles. The predicted octanol–water partition coefficient (Wildman–Crippen LogP) is 29.0. The average Bonchev–Trinajstić information content (AvgIpc) is 1.53. The summed E-state index contributed by atoms with van der Waals surface area (Å²) in [4.78, 5) is 45.7. The number of benzene rings is 17. The van der Waals surface area contributed by atoms with Gasteiger partial charge in [-0.05, 0) is 116 Å². The minimum absolute atomic E-state index is 0.106. The van der Waals surface area contributed by atoms with Crippen molar-refractivity contribution in [2.45, 2.75) is 38.5 Å². The van der Waals surface area contributed by atoms with Gasteiger partial charge in [0.2, 0.25) is 17.8 Å². The maximum absolute atomic E-state index is 6.36. The lowest BCUT2D eigenvalue weighted by atomic mass is 9.82. The molecule has 0 aliphatic heterocycles. The Bertz CT molecular complexity index is 8850. The summed E-state index contributed by atoms with van der Waals surface area (Å²) in [7, 11) is 0. The van der Waals surface area contributed by atoms with Gasteiger partial charge >= 0.3 is 0 Å². The lowest BCUT2D eigenvalue weighted by Crippen LogP contribution is -2.15. The van der Waals surface area contributed by atoms with Crippen LogP contribution in [0.2, 0.25) is 0 Å². The molecule has 0 atom stereocenters. The summed E-state index contributed by atoms with van der Waals surface area (Å²) < 4.78 is 19.2. The molecule has 0 saturated heterocycles. The van der Waals surface area contributed by atoms with E-state index < -0.39 is 0 Å². The van der Waals surface area contributed by atoms with E-state index in [9.17, 15) is 0 Å². The molecule has 0 radical (unpaired) electrons. The van der Waals surface area contributed by atoms with Crippen molar-refractivity contribution in [1.82, 2.24) is 58.6 Å². The monoisotopic (exact) mass is 1680 g/mol. The topological polar surface area (TPSA) is 157 Å². The summed E-state index contributed by atoms with van der Waals surface area (Å²) in [6.07, 6.45) is 0. The molecule has 14 nitrogen and oxygen atoms in total. The van der Waals surface area contributed by atoms with Crippen molar-refractivity contribution in [3.63, 3.8) is 0 Å². The van der Waals surface area contributed by atoms with Crippen LogP contribution in [0.3, 0.4) is 0 Å². The summed E-state index contributed by atoms with van der Waals surface area (Å²) in [5.74, 6) is 5.56. The normalized spacial score (nSPS) is 12.9. The largest absolute Gasteiger partial charge is 0.456 e. The van der Waals surface area contributed by atoms with Crippen LogP contribution in [-0.2, 0) is 10.8 Å². The van der Waals surface area contributed by atoms with Crippen molar-refractivity contribution in [2.75, 3.05) is 0 Å². The zero-order valence-corrected chi connectivity index (χ0v) is 71.8. The minimum atomic E-state index is -0.134. The van der Waals surface area contributed by atoms with E-state index in [4.69, 9.17) is 53.7 Å². The Kier molecular flexibility index (Phi) is 17.6. The number of furan rings is 2. The molecule has 0 N–H and O–H groups in total. The van der Waals surface area contributed by atoms with Crippen molar-refractivity contribution in [2.24, 2.45) is 0 Å². The van der Waals surface area contributed by atoms with Gasteiger partial charge in [0.1, 0.15) is 22.3 Å². The highest BCUT2D eigenvalue weighted by atomic mass is 16.3. The number of fused-ring (bicyclic) bond motifs is 21. The van der Waals surface area contributed by atoms with E-state index in [1.165, 1.54) is 60.8 Å². The number of para-hydroxylation sites is 5. The Morgan fingerprint density at radius 2 is 0.458 bits per heavy atom. The van der Waals surface area contributed by atoms with Gasteiger partial charge in [0.15, 0.2) is 34.9 Å². The zero-order valence-electron chi connectivity index (χ0n) is 71.8. The van der Waals surface area contributed by atoms with Gasteiger partial charge in [0.05, 0.1) is 33.1 Å². The van der Waals surface area contributed by atoms with Gasteiger partial charge in [0.25, 0.3) is 0 Å². The van der Waals surface area contributed by atoms with Gasteiger partial charge in [-0.25, -0.2) is 15.0 Å². The van der Waals surface area contributed by atoms with Crippen LogP contribution in [0.4, 0.5) is 0 Å². The maximum Gasteiger partial charge on any atom is 0.238 e. The van der Waals surface area contributed by atoms with Crippen LogP contribution in [0.5, 0.6) is 0 Å². The second-order valence-corrected chi connectivity index (χ2v) is 34.8. The van der Waals surface area contributed by atoms with Crippen molar-refractivity contribution in [3.05, 3.63) is 423 Å². The third-order valence-corrected chi connectivity index (χ3v) is 26.4. The highest BCUT2D eigenvalue weighted by molar-refractivity contribution is 6.19. The van der Waals surface area contributed by atoms with E-state index in [0.717, 1.165) is 137 Å². The first-order chi connectivity index (χ1) is 64.4. The van der Waals surface area contributed by atoms with Crippen LogP contribution in [-0.4, -0.2) is 58.6 Å². The predicted molar refractivity (Wildman–Crippen MR) is 530 cm³/mol. The van der Waals surface area contributed by atoms with Crippen LogP contribution in [0, 0.1) is 0 Å². The number of hydrogen-bond donors (Lipinski definition) is 0. The van der Waals surface area contributed by atoms with Gasteiger partial charge in [-0.15, -0.1) is 0 Å². The van der Waals surface area contributed by atoms with E-state index in [-0.39, 0.29) is 10.8 Å². The van der Waals surface area contributed by atoms with Crippen molar-refractivity contribution in [1.29, 1.82) is 0 Å². The van der Waals surface area contributed by atoms with Gasteiger partial charge in [-0.2, -0.15) is 29.9 Å². The van der Waals surface area contributed by atoms with Gasteiger partial charge in [-0.3, -0.25) is 13.7 Å². The second-order valence-electron chi connectivity index (χ2n) is 34.8. The fraction of sp³-hybridized carbons (Fsp3) is 0.0513. The average molecular weight is 1680 g/mol. The second kappa shape index (κ2) is 30.3. The molecule has 17 aromatic carbocycles. The molecule has 0 amide bonds. The summed E-state index contributed by atoms with van der Waals surface area (Å²) >= 11 is 0. The lowest BCUT2D eigenvalue weighted by Gasteiger charge is -2.21. The first kappa shape index (κ1) is 76.2. The van der Waals surface area contributed by atoms with Crippen LogP contribution < -0.4 is 0 Å². The zero-order chi connectivity index (χ0) is 87.2. The fourth-order valence-corrected chi connectivity index (χ4v) is 20.0. The van der Waals surface area contributed by atoms with E-state index in [1.807, 2.05) is 140 Å². The molecule has 0 saturated carbocycles. The van der Waals surface area contributed by atoms with E-state index in [2.05, 4.69) is 302 Å². The number of aromatic nitrogens is 12. The Morgan fingerprint density at radius 3 is 0.870 bits per heavy atom. The number of hydrogen-bond acceptors (Lipinski definition) is 11. The molecule has 8 heterocycles. The van der Waals surface area contributed by atoms with Crippen molar-refractivity contribution in [3.8, 4) is 120 Å². The Morgan fingerprint density at radius 1 is 0.176 bits per heavy atom. The Labute approximate surface area is 752 Å². The third kappa shape index (κ3) is 12.6. The van der Waals surface area contributed by atoms with E-state index in [1.54, 1.807) is 0 Å². The molecular weight excluding hydrogens is 1610 g/mol. The molecule has 0 fully saturated rings. The maximum atomic E-state index is 6.36. The smallest absolute Gasteiger partial charge is 0.238 e.